The number of fused-ring (bicyclic) bond motifs is 1. The van der Waals surface area contributed by atoms with Gasteiger partial charge in [-0.1, -0.05) is 46.3 Å². The summed E-state index contributed by atoms with van der Waals surface area (Å²) in [5.74, 6) is 0.468. The van der Waals surface area contributed by atoms with Crippen LogP contribution >= 0.6 is 27.3 Å². The first kappa shape index (κ1) is 17.7. The van der Waals surface area contributed by atoms with Gasteiger partial charge < -0.3 is 10.6 Å². The van der Waals surface area contributed by atoms with E-state index in [2.05, 4.69) is 68.3 Å². The SMILES string of the molecule is O=C1CC(c2cccs2)CC2=C1C(c1ccc(Br)cc1)Nc1ccccc1N2. The predicted octanol–water partition coefficient (Wildman–Crippen LogP) is 6.49. The van der Waals surface area contributed by atoms with Crippen LogP contribution in [0.25, 0.3) is 0 Å². The highest BCUT2D eigenvalue weighted by atomic mass is 79.9. The minimum atomic E-state index is -0.156. The van der Waals surface area contributed by atoms with Gasteiger partial charge in [-0.05, 0) is 47.7 Å². The van der Waals surface area contributed by atoms with Gasteiger partial charge in [-0.2, -0.15) is 0 Å². The highest BCUT2D eigenvalue weighted by molar-refractivity contribution is 9.10. The molecule has 3 aromatic rings. The van der Waals surface area contributed by atoms with Gasteiger partial charge in [0.2, 0.25) is 0 Å². The Morgan fingerprint density at radius 2 is 1.71 bits per heavy atom. The molecule has 0 bridgehead atoms. The van der Waals surface area contributed by atoms with Crippen LogP contribution < -0.4 is 10.6 Å². The molecule has 2 N–H and O–H groups in total. The van der Waals surface area contributed by atoms with Crippen molar-refractivity contribution in [3.8, 4) is 0 Å². The van der Waals surface area contributed by atoms with Crippen molar-refractivity contribution in [1.82, 2.24) is 0 Å². The molecular weight excluding hydrogens is 432 g/mol. The smallest absolute Gasteiger partial charge is 0.163 e. The van der Waals surface area contributed by atoms with Crippen molar-refractivity contribution in [1.29, 1.82) is 0 Å². The van der Waals surface area contributed by atoms with Crippen molar-refractivity contribution in [3.63, 3.8) is 0 Å². The highest BCUT2D eigenvalue weighted by Gasteiger charge is 2.36. The maximum absolute atomic E-state index is 13.3. The second-order valence-electron chi connectivity index (χ2n) is 7.24. The normalized spacial score (nSPS) is 21.2. The average molecular weight is 451 g/mol. The van der Waals surface area contributed by atoms with Gasteiger partial charge in [-0.25, -0.2) is 0 Å². The molecule has 0 fully saturated rings. The lowest BCUT2D eigenvalue weighted by molar-refractivity contribution is -0.116. The molecule has 2 aliphatic rings. The van der Waals surface area contributed by atoms with Gasteiger partial charge in [0.15, 0.2) is 5.78 Å². The molecule has 2 atom stereocenters. The van der Waals surface area contributed by atoms with Crippen LogP contribution in [0, 0.1) is 0 Å². The summed E-state index contributed by atoms with van der Waals surface area (Å²) in [5.41, 5.74) is 5.04. The Balaban J connectivity index is 1.62. The number of thiophene rings is 1. The lowest BCUT2D eigenvalue weighted by atomic mass is 9.81. The first-order chi connectivity index (χ1) is 13.7. The third-order valence-corrected chi connectivity index (χ3v) is 7.02. The fourth-order valence-electron chi connectivity index (χ4n) is 4.12. The van der Waals surface area contributed by atoms with Gasteiger partial charge in [-0.15, -0.1) is 11.3 Å². The predicted molar refractivity (Wildman–Crippen MR) is 119 cm³/mol. The summed E-state index contributed by atoms with van der Waals surface area (Å²) in [6.45, 7) is 0. The number of allylic oxidation sites excluding steroid dienone is 1. The lowest BCUT2D eigenvalue weighted by Gasteiger charge is -2.29. The number of hydrogen-bond donors (Lipinski definition) is 2. The largest absolute Gasteiger partial charge is 0.372 e. The molecule has 3 nitrogen and oxygen atoms in total. The maximum atomic E-state index is 13.3. The summed E-state index contributed by atoms with van der Waals surface area (Å²) in [6, 6.07) is 20.5. The van der Waals surface area contributed by atoms with Crippen LogP contribution in [0.15, 0.2) is 81.8 Å². The molecule has 1 aliphatic carbocycles. The third kappa shape index (κ3) is 3.19. The minimum absolute atomic E-state index is 0.156. The second kappa shape index (κ2) is 7.22. The first-order valence-corrected chi connectivity index (χ1v) is 11.0. The van der Waals surface area contributed by atoms with Crippen LogP contribution in [0.3, 0.4) is 0 Å². The molecule has 140 valence electrons. The van der Waals surface area contributed by atoms with E-state index in [0.29, 0.717) is 6.42 Å². The third-order valence-electron chi connectivity index (χ3n) is 5.46. The molecule has 28 heavy (non-hydrogen) atoms. The second-order valence-corrected chi connectivity index (χ2v) is 9.13. The molecule has 0 saturated heterocycles. The lowest BCUT2D eigenvalue weighted by Crippen LogP contribution is -2.26. The van der Waals surface area contributed by atoms with E-state index in [9.17, 15) is 4.79 Å². The van der Waals surface area contributed by atoms with E-state index in [-0.39, 0.29) is 17.7 Å². The molecule has 0 saturated carbocycles. The number of rotatable bonds is 2. The van der Waals surface area contributed by atoms with Crippen LogP contribution in [0.5, 0.6) is 0 Å². The van der Waals surface area contributed by atoms with Crippen molar-refractivity contribution < 1.29 is 4.79 Å². The number of carbonyl (C=O) groups excluding carboxylic acids is 1. The molecule has 2 unspecified atom stereocenters. The van der Waals surface area contributed by atoms with Crippen molar-refractivity contribution >= 4 is 44.4 Å². The van der Waals surface area contributed by atoms with Gasteiger partial charge in [0.05, 0.1) is 17.4 Å². The maximum Gasteiger partial charge on any atom is 0.163 e. The van der Waals surface area contributed by atoms with E-state index in [1.807, 2.05) is 24.3 Å². The number of halogens is 1. The number of benzene rings is 2. The Bertz CT molecular complexity index is 1060. The molecule has 1 aliphatic heterocycles. The standard InChI is InChI=1S/C23H19BrN2OS/c24-16-9-7-14(8-10-16)23-22-19(25-17-4-1-2-5-18(17)26-23)12-15(13-20(22)27)21-6-3-11-28-21/h1-11,15,23,25-26H,12-13H2. The number of ketones is 1. The summed E-state index contributed by atoms with van der Waals surface area (Å²) in [4.78, 5) is 14.6. The summed E-state index contributed by atoms with van der Waals surface area (Å²) in [6.07, 6.45) is 1.41. The van der Waals surface area contributed by atoms with Crippen molar-refractivity contribution in [2.75, 3.05) is 10.6 Å². The highest BCUT2D eigenvalue weighted by Crippen LogP contribution is 2.44. The van der Waals surface area contributed by atoms with Crippen LogP contribution in [0.4, 0.5) is 11.4 Å². The van der Waals surface area contributed by atoms with Crippen molar-refractivity contribution in [3.05, 3.63) is 92.2 Å². The molecule has 1 aromatic heterocycles. The molecule has 0 radical (unpaired) electrons. The van der Waals surface area contributed by atoms with Crippen LogP contribution in [0.1, 0.15) is 35.2 Å². The van der Waals surface area contributed by atoms with Crippen molar-refractivity contribution in [2.24, 2.45) is 0 Å². The summed E-state index contributed by atoms with van der Waals surface area (Å²) in [5, 5.41) is 9.30. The Morgan fingerprint density at radius 1 is 0.929 bits per heavy atom. The van der Waals surface area contributed by atoms with Crippen LogP contribution in [-0.4, -0.2) is 5.78 Å². The summed E-state index contributed by atoms with van der Waals surface area (Å²) >= 11 is 5.25. The summed E-state index contributed by atoms with van der Waals surface area (Å²) in [7, 11) is 0. The van der Waals surface area contributed by atoms with Gasteiger partial charge >= 0.3 is 0 Å². The zero-order valence-electron chi connectivity index (χ0n) is 15.1. The number of Topliss-reactive ketones (excluding diaryl/α,β-unsaturated/α-hetero) is 1. The van der Waals surface area contributed by atoms with E-state index in [0.717, 1.165) is 39.1 Å². The Hall–Kier alpha value is -2.37. The fraction of sp³-hybridized carbons (Fsp3) is 0.174. The quantitative estimate of drug-likeness (QED) is 0.468. The van der Waals surface area contributed by atoms with E-state index in [1.165, 1.54) is 4.88 Å². The van der Waals surface area contributed by atoms with Gasteiger partial charge in [0.25, 0.3) is 0 Å². The number of carbonyl (C=O) groups is 1. The topological polar surface area (TPSA) is 41.1 Å². The fourth-order valence-corrected chi connectivity index (χ4v) is 5.22. The van der Waals surface area contributed by atoms with Gasteiger partial charge in [0.1, 0.15) is 0 Å². The molecular formula is C23H19BrN2OS. The number of para-hydroxylation sites is 2. The molecule has 0 amide bonds. The van der Waals surface area contributed by atoms with E-state index < -0.39 is 0 Å². The Labute approximate surface area is 176 Å². The van der Waals surface area contributed by atoms with E-state index >= 15 is 0 Å². The average Bonchev–Trinajstić information content (AvgIpc) is 3.18. The van der Waals surface area contributed by atoms with Gasteiger partial charge in [0, 0.05) is 33.0 Å². The van der Waals surface area contributed by atoms with Crippen molar-refractivity contribution in [2.45, 2.75) is 24.8 Å². The Morgan fingerprint density at radius 3 is 2.46 bits per heavy atom. The zero-order valence-corrected chi connectivity index (χ0v) is 17.5. The molecule has 5 heteroatoms. The van der Waals surface area contributed by atoms with Crippen LogP contribution in [-0.2, 0) is 4.79 Å². The van der Waals surface area contributed by atoms with Gasteiger partial charge in [-0.3, -0.25) is 4.79 Å². The first-order valence-electron chi connectivity index (χ1n) is 9.37. The number of nitrogens with one attached hydrogen (secondary N) is 2. The number of hydrogen-bond acceptors (Lipinski definition) is 4. The van der Waals surface area contributed by atoms with E-state index in [1.54, 1.807) is 11.3 Å². The summed E-state index contributed by atoms with van der Waals surface area (Å²) < 4.78 is 1.03. The van der Waals surface area contributed by atoms with Crippen LogP contribution in [0.2, 0.25) is 0 Å². The molecule has 5 rings (SSSR count). The minimum Gasteiger partial charge on any atom is -0.372 e. The zero-order chi connectivity index (χ0) is 19.1. The molecule has 2 aromatic carbocycles. The molecule has 2 heterocycles. The van der Waals surface area contributed by atoms with E-state index in [4.69, 9.17) is 0 Å². The Kier molecular flexibility index (Phi) is 4.57. The molecule has 0 spiro atoms. The number of anilines is 2. The monoisotopic (exact) mass is 450 g/mol.